The molecule has 1 unspecified atom stereocenters. The quantitative estimate of drug-likeness (QED) is 0.499. The standard InChI is InChI=1S/C11H18N2O3/c1-11(14,7-13-12)9-5-4-8(15-2)6-10(9)16-3/h4-6,13-14H,7,12H2,1-3H3. The Bertz CT molecular complexity index is 353. The Hall–Kier alpha value is -1.30. The molecule has 0 saturated heterocycles. The lowest BCUT2D eigenvalue weighted by Crippen LogP contribution is -2.39. The van der Waals surface area contributed by atoms with Crippen LogP contribution < -0.4 is 20.7 Å². The molecule has 0 bridgehead atoms. The van der Waals surface area contributed by atoms with Gasteiger partial charge in [-0.1, -0.05) is 0 Å². The lowest BCUT2D eigenvalue weighted by molar-refractivity contribution is 0.0546. The summed E-state index contributed by atoms with van der Waals surface area (Å²) in [6, 6.07) is 5.25. The molecule has 0 radical (unpaired) electrons. The van der Waals surface area contributed by atoms with E-state index in [2.05, 4.69) is 5.43 Å². The summed E-state index contributed by atoms with van der Waals surface area (Å²) >= 11 is 0. The van der Waals surface area contributed by atoms with Crippen molar-refractivity contribution in [3.8, 4) is 11.5 Å². The van der Waals surface area contributed by atoms with E-state index in [-0.39, 0.29) is 6.54 Å². The third kappa shape index (κ3) is 2.63. The predicted octanol–water partition coefficient (Wildman–Crippen LogP) is 0.375. The molecular formula is C11H18N2O3. The monoisotopic (exact) mass is 226 g/mol. The average Bonchev–Trinajstić information content (AvgIpc) is 2.28. The molecule has 0 spiro atoms. The average molecular weight is 226 g/mol. The van der Waals surface area contributed by atoms with Crippen LogP contribution in [0.15, 0.2) is 18.2 Å². The van der Waals surface area contributed by atoms with Crippen molar-refractivity contribution in [1.29, 1.82) is 0 Å². The summed E-state index contributed by atoms with van der Waals surface area (Å²) in [6.07, 6.45) is 0. The second-order valence-corrected chi connectivity index (χ2v) is 3.72. The van der Waals surface area contributed by atoms with Gasteiger partial charge in [-0.25, -0.2) is 0 Å². The molecule has 1 aromatic rings. The fraction of sp³-hybridized carbons (Fsp3) is 0.455. The van der Waals surface area contributed by atoms with Gasteiger partial charge in [-0.15, -0.1) is 0 Å². The minimum atomic E-state index is -1.09. The summed E-state index contributed by atoms with van der Waals surface area (Å²) in [5.74, 6) is 6.47. The first-order chi connectivity index (χ1) is 7.55. The van der Waals surface area contributed by atoms with Gasteiger partial charge >= 0.3 is 0 Å². The van der Waals surface area contributed by atoms with Gasteiger partial charge in [0, 0.05) is 18.2 Å². The Morgan fingerprint density at radius 2 is 2.06 bits per heavy atom. The van der Waals surface area contributed by atoms with Crippen LogP contribution in [0.25, 0.3) is 0 Å². The number of benzene rings is 1. The van der Waals surface area contributed by atoms with Crippen LogP contribution >= 0.6 is 0 Å². The minimum Gasteiger partial charge on any atom is -0.497 e. The van der Waals surface area contributed by atoms with E-state index in [9.17, 15) is 5.11 Å². The van der Waals surface area contributed by atoms with Crippen LogP contribution in [0.5, 0.6) is 11.5 Å². The van der Waals surface area contributed by atoms with E-state index in [0.29, 0.717) is 17.1 Å². The number of hydrogen-bond donors (Lipinski definition) is 3. The molecule has 4 N–H and O–H groups in total. The van der Waals surface area contributed by atoms with Crippen LogP contribution in [0.4, 0.5) is 0 Å². The van der Waals surface area contributed by atoms with Crippen molar-refractivity contribution in [2.45, 2.75) is 12.5 Å². The lowest BCUT2D eigenvalue weighted by atomic mass is 9.95. The summed E-state index contributed by atoms with van der Waals surface area (Å²) in [5, 5.41) is 10.2. The fourth-order valence-electron chi connectivity index (χ4n) is 1.54. The Balaban J connectivity index is 3.12. The van der Waals surface area contributed by atoms with Crippen LogP contribution in [0.1, 0.15) is 12.5 Å². The number of rotatable bonds is 5. The molecule has 5 heteroatoms. The van der Waals surface area contributed by atoms with Gasteiger partial charge in [-0.05, 0) is 19.1 Å². The van der Waals surface area contributed by atoms with Crippen molar-refractivity contribution in [1.82, 2.24) is 5.43 Å². The first-order valence-corrected chi connectivity index (χ1v) is 4.93. The molecule has 1 atom stereocenters. The van der Waals surface area contributed by atoms with E-state index in [1.54, 1.807) is 39.3 Å². The highest BCUT2D eigenvalue weighted by Gasteiger charge is 2.26. The van der Waals surface area contributed by atoms with Gasteiger partial charge in [0.15, 0.2) is 0 Å². The maximum Gasteiger partial charge on any atom is 0.128 e. The molecule has 0 saturated carbocycles. The van der Waals surface area contributed by atoms with Crippen molar-refractivity contribution in [3.63, 3.8) is 0 Å². The van der Waals surface area contributed by atoms with Gasteiger partial charge < -0.3 is 14.6 Å². The molecule has 0 aliphatic carbocycles. The Morgan fingerprint density at radius 3 is 2.56 bits per heavy atom. The molecule has 16 heavy (non-hydrogen) atoms. The summed E-state index contributed by atoms with van der Waals surface area (Å²) in [7, 11) is 3.12. The molecule has 0 aliphatic rings. The second-order valence-electron chi connectivity index (χ2n) is 3.72. The van der Waals surface area contributed by atoms with E-state index in [0.717, 1.165) is 0 Å². The van der Waals surface area contributed by atoms with Crippen molar-refractivity contribution >= 4 is 0 Å². The van der Waals surface area contributed by atoms with Crippen LogP contribution in [0, 0.1) is 0 Å². The molecule has 0 heterocycles. The predicted molar refractivity (Wildman–Crippen MR) is 61.3 cm³/mol. The molecule has 0 aliphatic heterocycles. The van der Waals surface area contributed by atoms with Crippen molar-refractivity contribution < 1.29 is 14.6 Å². The molecule has 1 aromatic carbocycles. The molecule has 5 nitrogen and oxygen atoms in total. The van der Waals surface area contributed by atoms with Gasteiger partial charge in [-0.3, -0.25) is 11.3 Å². The Morgan fingerprint density at radius 1 is 1.38 bits per heavy atom. The van der Waals surface area contributed by atoms with Crippen molar-refractivity contribution in [2.75, 3.05) is 20.8 Å². The van der Waals surface area contributed by atoms with E-state index in [1.807, 2.05) is 0 Å². The number of ether oxygens (including phenoxy) is 2. The van der Waals surface area contributed by atoms with Crippen molar-refractivity contribution in [3.05, 3.63) is 23.8 Å². The third-order valence-corrected chi connectivity index (χ3v) is 2.44. The molecular weight excluding hydrogens is 208 g/mol. The zero-order valence-electron chi connectivity index (χ0n) is 9.78. The number of hydrazine groups is 1. The number of aliphatic hydroxyl groups is 1. The second kappa shape index (κ2) is 5.16. The minimum absolute atomic E-state index is 0.232. The molecule has 0 fully saturated rings. The van der Waals surface area contributed by atoms with E-state index < -0.39 is 5.60 Å². The maximum absolute atomic E-state index is 10.2. The maximum atomic E-state index is 10.2. The summed E-state index contributed by atoms with van der Waals surface area (Å²) in [4.78, 5) is 0. The first-order valence-electron chi connectivity index (χ1n) is 4.93. The molecule has 1 rings (SSSR count). The van der Waals surface area contributed by atoms with Gasteiger partial charge in [0.25, 0.3) is 0 Å². The Labute approximate surface area is 95.1 Å². The van der Waals surface area contributed by atoms with Gasteiger partial charge in [0.1, 0.15) is 17.1 Å². The van der Waals surface area contributed by atoms with Gasteiger partial charge in [-0.2, -0.15) is 0 Å². The number of nitrogens with two attached hydrogens (primary N) is 1. The summed E-state index contributed by atoms with van der Waals surface area (Å²) in [5.41, 5.74) is 2.02. The van der Waals surface area contributed by atoms with E-state index in [4.69, 9.17) is 15.3 Å². The zero-order chi connectivity index (χ0) is 12.2. The smallest absolute Gasteiger partial charge is 0.128 e. The summed E-state index contributed by atoms with van der Waals surface area (Å²) in [6.45, 7) is 1.90. The summed E-state index contributed by atoms with van der Waals surface area (Å²) < 4.78 is 10.3. The van der Waals surface area contributed by atoms with Crippen LogP contribution in [-0.4, -0.2) is 25.9 Å². The largest absolute Gasteiger partial charge is 0.497 e. The zero-order valence-corrected chi connectivity index (χ0v) is 9.78. The van der Waals surface area contributed by atoms with Gasteiger partial charge in [0.05, 0.1) is 14.2 Å². The number of hydrogen-bond acceptors (Lipinski definition) is 5. The lowest BCUT2D eigenvalue weighted by Gasteiger charge is -2.25. The SMILES string of the molecule is COc1ccc(C(C)(O)CNN)c(OC)c1. The number of nitrogens with one attached hydrogen (secondary N) is 1. The topological polar surface area (TPSA) is 76.7 Å². The van der Waals surface area contributed by atoms with Gasteiger partial charge in [0.2, 0.25) is 0 Å². The normalized spacial score (nSPS) is 14.3. The Kier molecular flexibility index (Phi) is 4.12. The van der Waals surface area contributed by atoms with E-state index in [1.165, 1.54) is 0 Å². The van der Waals surface area contributed by atoms with Crippen LogP contribution in [-0.2, 0) is 5.60 Å². The molecule has 0 aromatic heterocycles. The van der Waals surface area contributed by atoms with Crippen LogP contribution in [0.2, 0.25) is 0 Å². The molecule has 90 valence electrons. The highest BCUT2D eigenvalue weighted by atomic mass is 16.5. The third-order valence-electron chi connectivity index (χ3n) is 2.44. The fourth-order valence-corrected chi connectivity index (χ4v) is 1.54. The highest BCUT2D eigenvalue weighted by molar-refractivity contribution is 5.43. The highest BCUT2D eigenvalue weighted by Crippen LogP contribution is 2.32. The first kappa shape index (κ1) is 12.8. The number of methoxy groups -OCH3 is 2. The van der Waals surface area contributed by atoms with E-state index >= 15 is 0 Å². The van der Waals surface area contributed by atoms with Crippen LogP contribution in [0.3, 0.4) is 0 Å². The van der Waals surface area contributed by atoms with Crippen molar-refractivity contribution in [2.24, 2.45) is 5.84 Å². The molecule has 0 amide bonds.